The van der Waals surface area contributed by atoms with Crippen LogP contribution in [0.1, 0.15) is 38.5 Å². The number of amides is 1. The molecule has 1 aliphatic carbocycles. The highest BCUT2D eigenvalue weighted by Crippen LogP contribution is 2.30. The molecule has 1 saturated heterocycles. The molecule has 1 amide bonds. The summed E-state index contributed by atoms with van der Waals surface area (Å²) in [5.74, 6) is 0.0951. The Balaban J connectivity index is 1.54. The first kappa shape index (κ1) is 17.9. The number of hydrogen-bond donors (Lipinski definition) is 0. The molecule has 1 saturated carbocycles. The predicted molar refractivity (Wildman–Crippen MR) is 101 cm³/mol. The number of aromatic nitrogens is 2. The molecule has 0 radical (unpaired) electrons. The van der Waals surface area contributed by atoms with E-state index in [4.69, 9.17) is 0 Å². The molecule has 0 bridgehead atoms. The van der Waals surface area contributed by atoms with Crippen molar-refractivity contribution in [2.45, 2.75) is 51.1 Å². The van der Waals surface area contributed by atoms with Crippen molar-refractivity contribution in [3.8, 4) is 11.3 Å². The molecule has 2 aliphatic rings. The number of nitrogens with zero attached hydrogens (tertiary/aromatic N) is 3. The Kier molecular flexibility index (Phi) is 5.05. The van der Waals surface area contributed by atoms with Gasteiger partial charge in [-0.2, -0.15) is 5.10 Å². The topological polar surface area (TPSA) is 55.2 Å². The molecule has 1 aromatic heterocycles. The van der Waals surface area contributed by atoms with E-state index in [2.05, 4.69) is 5.10 Å². The van der Waals surface area contributed by atoms with E-state index in [1.807, 2.05) is 4.90 Å². The predicted octanol–water partition coefficient (Wildman–Crippen LogP) is 3.23. The molecule has 142 valence electrons. The standard InChI is InChI=1S/C21H24FN3O2/c22-17-9-7-15(8-10-17)19-11-12-20(26)25(23-19)14-18-6-3-13-24(18)21(27)16-4-1-2-5-16/h7-12,16,18H,1-6,13-14H2/t18-/m0/s1. The number of hydrogen-bond acceptors (Lipinski definition) is 3. The Labute approximate surface area is 157 Å². The molecule has 1 aliphatic heterocycles. The van der Waals surface area contributed by atoms with Gasteiger partial charge in [0.25, 0.3) is 5.56 Å². The first-order valence-corrected chi connectivity index (χ1v) is 9.76. The van der Waals surface area contributed by atoms with Crippen molar-refractivity contribution in [3.05, 3.63) is 52.6 Å². The van der Waals surface area contributed by atoms with Gasteiger partial charge in [-0.3, -0.25) is 9.59 Å². The summed E-state index contributed by atoms with van der Waals surface area (Å²) in [5, 5.41) is 4.47. The fourth-order valence-corrected chi connectivity index (χ4v) is 4.28. The number of halogens is 1. The Morgan fingerprint density at radius 1 is 1.04 bits per heavy atom. The quantitative estimate of drug-likeness (QED) is 0.831. The molecule has 5 nitrogen and oxygen atoms in total. The van der Waals surface area contributed by atoms with E-state index in [0.717, 1.165) is 50.6 Å². The zero-order valence-electron chi connectivity index (χ0n) is 15.3. The summed E-state index contributed by atoms with van der Waals surface area (Å²) >= 11 is 0. The average molecular weight is 369 g/mol. The van der Waals surface area contributed by atoms with Crippen LogP contribution in [0.4, 0.5) is 4.39 Å². The third kappa shape index (κ3) is 3.80. The Morgan fingerprint density at radius 3 is 2.52 bits per heavy atom. The van der Waals surface area contributed by atoms with E-state index in [-0.39, 0.29) is 29.2 Å². The van der Waals surface area contributed by atoms with Crippen LogP contribution in [0.5, 0.6) is 0 Å². The molecule has 1 aromatic carbocycles. The molecule has 2 heterocycles. The van der Waals surface area contributed by atoms with Crippen LogP contribution in [0.3, 0.4) is 0 Å². The van der Waals surface area contributed by atoms with Crippen LogP contribution in [0, 0.1) is 11.7 Å². The van der Waals surface area contributed by atoms with Gasteiger partial charge in [0, 0.05) is 24.1 Å². The minimum atomic E-state index is -0.306. The van der Waals surface area contributed by atoms with E-state index in [0.29, 0.717) is 12.2 Å². The van der Waals surface area contributed by atoms with Gasteiger partial charge in [-0.1, -0.05) is 12.8 Å². The van der Waals surface area contributed by atoms with Crippen LogP contribution in [-0.2, 0) is 11.3 Å². The van der Waals surface area contributed by atoms with Crippen LogP contribution in [0.25, 0.3) is 11.3 Å². The van der Waals surface area contributed by atoms with Gasteiger partial charge in [0.1, 0.15) is 5.82 Å². The molecule has 0 unspecified atom stereocenters. The summed E-state index contributed by atoms with van der Waals surface area (Å²) in [5.41, 5.74) is 1.21. The summed E-state index contributed by atoms with van der Waals surface area (Å²) in [6.45, 7) is 1.18. The second kappa shape index (κ2) is 7.62. The maximum atomic E-state index is 13.2. The van der Waals surface area contributed by atoms with Gasteiger partial charge in [0.15, 0.2) is 0 Å². The Bertz CT molecular complexity index is 872. The molecular formula is C21H24FN3O2. The first-order valence-electron chi connectivity index (χ1n) is 9.76. The highest BCUT2D eigenvalue weighted by molar-refractivity contribution is 5.79. The van der Waals surface area contributed by atoms with Gasteiger partial charge >= 0.3 is 0 Å². The smallest absolute Gasteiger partial charge is 0.266 e. The lowest BCUT2D eigenvalue weighted by Crippen LogP contribution is -2.42. The molecular weight excluding hydrogens is 345 g/mol. The van der Waals surface area contributed by atoms with E-state index >= 15 is 0 Å². The van der Waals surface area contributed by atoms with Crippen molar-refractivity contribution in [1.29, 1.82) is 0 Å². The van der Waals surface area contributed by atoms with E-state index in [1.165, 1.54) is 22.9 Å². The van der Waals surface area contributed by atoms with Gasteiger partial charge in [0.2, 0.25) is 5.91 Å². The van der Waals surface area contributed by atoms with Gasteiger partial charge in [-0.15, -0.1) is 0 Å². The summed E-state index contributed by atoms with van der Waals surface area (Å²) in [7, 11) is 0. The fraction of sp³-hybridized carbons (Fsp3) is 0.476. The van der Waals surface area contributed by atoms with Gasteiger partial charge in [0.05, 0.1) is 18.3 Å². The van der Waals surface area contributed by atoms with Crippen LogP contribution in [0.2, 0.25) is 0 Å². The Morgan fingerprint density at radius 2 is 1.78 bits per heavy atom. The average Bonchev–Trinajstić information content (AvgIpc) is 3.36. The Hall–Kier alpha value is -2.50. The van der Waals surface area contributed by atoms with Crippen LogP contribution >= 0.6 is 0 Å². The highest BCUT2D eigenvalue weighted by atomic mass is 19.1. The maximum absolute atomic E-state index is 13.2. The second-order valence-corrected chi connectivity index (χ2v) is 7.55. The molecule has 0 spiro atoms. The second-order valence-electron chi connectivity index (χ2n) is 7.55. The zero-order chi connectivity index (χ0) is 18.8. The normalized spacial score (nSPS) is 20.3. The summed E-state index contributed by atoms with van der Waals surface area (Å²) in [6, 6.07) is 9.23. The highest BCUT2D eigenvalue weighted by Gasteiger charge is 2.34. The molecule has 6 heteroatoms. The van der Waals surface area contributed by atoms with Crippen molar-refractivity contribution in [3.63, 3.8) is 0 Å². The van der Waals surface area contributed by atoms with Crippen molar-refractivity contribution in [1.82, 2.24) is 14.7 Å². The van der Waals surface area contributed by atoms with Crippen molar-refractivity contribution >= 4 is 5.91 Å². The van der Waals surface area contributed by atoms with Crippen molar-refractivity contribution in [2.75, 3.05) is 6.54 Å². The maximum Gasteiger partial charge on any atom is 0.266 e. The van der Waals surface area contributed by atoms with E-state index in [1.54, 1.807) is 18.2 Å². The first-order chi connectivity index (χ1) is 13.1. The number of rotatable bonds is 4. The van der Waals surface area contributed by atoms with Gasteiger partial charge in [-0.05, 0) is 56.0 Å². The lowest BCUT2D eigenvalue weighted by atomic mass is 10.1. The molecule has 27 heavy (non-hydrogen) atoms. The van der Waals surface area contributed by atoms with Crippen LogP contribution in [-0.4, -0.2) is 33.2 Å². The summed E-state index contributed by atoms with van der Waals surface area (Å²) in [6.07, 6.45) is 6.11. The monoisotopic (exact) mass is 369 g/mol. The van der Waals surface area contributed by atoms with Crippen molar-refractivity contribution in [2.24, 2.45) is 5.92 Å². The third-order valence-corrected chi connectivity index (χ3v) is 5.75. The number of likely N-dealkylation sites (tertiary alicyclic amines) is 1. The van der Waals surface area contributed by atoms with Crippen LogP contribution < -0.4 is 5.56 Å². The molecule has 4 rings (SSSR count). The van der Waals surface area contributed by atoms with Crippen LogP contribution in [0.15, 0.2) is 41.2 Å². The minimum absolute atomic E-state index is 0.0202. The lowest BCUT2D eigenvalue weighted by Gasteiger charge is -2.27. The molecule has 0 N–H and O–H groups in total. The van der Waals surface area contributed by atoms with Gasteiger partial charge < -0.3 is 4.90 Å². The summed E-state index contributed by atoms with van der Waals surface area (Å²) < 4.78 is 14.6. The van der Waals surface area contributed by atoms with E-state index < -0.39 is 0 Å². The SMILES string of the molecule is O=C(C1CCCC1)N1CCC[C@H]1Cn1nc(-c2ccc(F)cc2)ccc1=O. The number of benzene rings is 1. The largest absolute Gasteiger partial charge is 0.338 e. The molecule has 2 fully saturated rings. The lowest BCUT2D eigenvalue weighted by molar-refractivity contribution is -0.136. The minimum Gasteiger partial charge on any atom is -0.338 e. The number of carbonyl (C=O) groups is 1. The summed E-state index contributed by atoms with van der Waals surface area (Å²) in [4.78, 5) is 27.1. The van der Waals surface area contributed by atoms with Gasteiger partial charge in [-0.25, -0.2) is 9.07 Å². The fourth-order valence-electron chi connectivity index (χ4n) is 4.28. The zero-order valence-corrected chi connectivity index (χ0v) is 15.3. The van der Waals surface area contributed by atoms with E-state index in [9.17, 15) is 14.0 Å². The van der Waals surface area contributed by atoms with Crippen molar-refractivity contribution < 1.29 is 9.18 Å². The number of carbonyl (C=O) groups excluding carboxylic acids is 1. The third-order valence-electron chi connectivity index (χ3n) is 5.75. The molecule has 2 aromatic rings. The molecule has 1 atom stereocenters.